The van der Waals surface area contributed by atoms with Crippen molar-refractivity contribution in [2.24, 2.45) is 0 Å². The van der Waals surface area contributed by atoms with Gasteiger partial charge in [0, 0.05) is 30.6 Å². The van der Waals surface area contributed by atoms with Crippen molar-refractivity contribution in [3.63, 3.8) is 0 Å². The van der Waals surface area contributed by atoms with E-state index in [1.54, 1.807) is 20.3 Å². The lowest BCUT2D eigenvalue weighted by Gasteiger charge is -2.37. The van der Waals surface area contributed by atoms with E-state index in [-0.39, 0.29) is 23.6 Å². The molecule has 7 nitrogen and oxygen atoms in total. The Balaban J connectivity index is 1.43. The summed E-state index contributed by atoms with van der Waals surface area (Å²) in [4.78, 5) is 2.38. The number of methoxy groups -OCH3 is 2. The highest BCUT2D eigenvalue weighted by molar-refractivity contribution is 5.59. The van der Waals surface area contributed by atoms with Crippen LogP contribution >= 0.6 is 0 Å². The van der Waals surface area contributed by atoms with E-state index in [0.717, 1.165) is 61.2 Å². The predicted octanol–water partition coefficient (Wildman–Crippen LogP) is 6.01. The Morgan fingerprint density at radius 1 is 0.837 bits per heavy atom. The number of likely N-dealkylation sites (N-methyl/N-ethyl adjacent to an activating group) is 1. The number of phenolic OH excluding ortho intramolecular Hbond substituents is 2. The Hall–Kier alpha value is -4.20. The number of benzene rings is 4. The number of ether oxygens (including phenoxy) is 3. The molecule has 0 fully saturated rings. The highest BCUT2D eigenvalue weighted by Crippen LogP contribution is 2.45. The second-order valence-electron chi connectivity index (χ2n) is 12.0. The molecule has 0 aliphatic carbocycles. The van der Waals surface area contributed by atoms with Crippen LogP contribution in [0, 0.1) is 0 Å². The van der Waals surface area contributed by atoms with Crippen molar-refractivity contribution in [3.05, 3.63) is 105 Å². The van der Waals surface area contributed by atoms with E-state index in [9.17, 15) is 10.2 Å². The van der Waals surface area contributed by atoms with E-state index in [4.69, 9.17) is 14.2 Å². The van der Waals surface area contributed by atoms with Crippen LogP contribution in [0.3, 0.4) is 0 Å². The van der Waals surface area contributed by atoms with Crippen LogP contribution in [0.1, 0.15) is 56.6 Å². The van der Waals surface area contributed by atoms with Crippen molar-refractivity contribution in [3.8, 4) is 34.5 Å². The number of hydrogen-bond donors (Lipinski definition) is 3. The standard InChI is InChI=1S/C36H38N2O5/c1-38-13-11-24-19-34(42-3)36(40)28-18-25-17-23-10-12-37-29(27(23)20-32(25)41-2)14-22-6-9-31(39)33(16-22)43-26-7-4-21(5-8-26)15-30(38)35(24)28/h4-9,16-17,19-20,29-30,37,39-40H,10-15,18H2,1-3H3. The zero-order valence-electron chi connectivity index (χ0n) is 24.9. The lowest BCUT2D eigenvalue weighted by molar-refractivity contribution is 0.226. The molecule has 0 saturated carbocycles. The molecular weight excluding hydrogens is 540 g/mol. The van der Waals surface area contributed by atoms with Crippen LogP contribution in [0.5, 0.6) is 34.5 Å². The zero-order valence-corrected chi connectivity index (χ0v) is 24.9. The molecule has 2 unspecified atom stereocenters. The fraction of sp³-hybridized carbons (Fsp3) is 0.333. The van der Waals surface area contributed by atoms with Crippen LogP contribution in [0.2, 0.25) is 0 Å². The molecular formula is C36H38N2O5. The summed E-state index contributed by atoms with van der Waals surface area (Å²) in [6.07, 6.45) is 3.85. The van der Waals surface area contributed by atoms with E-state index < -0.39 is 0 Å². The third kappa shape index (κ3) is 5.07. The molecule has 6 aliphatic rings. The normalized spacial score (nSPS) is 19.5. The van der Waals surface area contributed by atoms with Gasteiger partial charge in [0.05, 0.1) is 14.2 Å². The van der Waals surface area contributed by atoms with Crippen LogP contribution in [-0.4, -0.2) is 49.5 Å². The van der Waals surface area contributed by atoms with Gasteiger partial charge in [0.1, 0.15) is 11.5 Å². The molecule has 222 valence electrons. The molecule has 0 spiro atoms. The second kappa shape index (κ2) is 11.1. The quantitative estimate of drug-likeness (QED) is 0.269. The monoisotopic (exact) mass is 578 g/mol. The smallest absolute Gasteiger partial charge is 0.169 e. The van der Waals surface area contributed by atoms with Gasteiger partial charge in [-0.1, -0.05) is 24.3 Å². The molecule has 8 bridgehead atoms. The van der Waals surface area contributed by atoms with E-state index >= 15 is 0 Å². The minimum Gasteiger partial charge on any atom is -0.504 e. The fourth-order valence-corrected chi connectivity index (χ4v) is 7.13. The lowest BCUT2D eigenvalue weighted by atomic mass is 9.82. The molecule has 7 heteroatoms. The largest absolute Gasteiger partial charge is 0.504 e. The van der Waals surface area contributed by atoms with E-state index in [1.165, 1.54) is 27.8 Å². The highest BCUT2D eigenvalue weighted by Gasteiger charge is 2.32. The van der Waals surface area contributed by atoms with Gasteiger partial charge in [-0.05, 0) is 115 Å². The van der Waals surface area contributed by atoms with Crippen molar-refractivity contribution < 1.29 is 24.4 Å². The maximum atomic E-state index is 11.6. The first-order valence-corrected chi connectivity index (χ1v) is 15.1. The molecule has 6 aliphatic heterocycles. The summed E-state index contributed by atoms with van der Waals surface area (Å²) in [6.45, 7) is 1.78. The molecule has 3 N–H and O–H groups in total. The summed E-state index contributed by atoms with van der Waals surface area (Å²) in [6, 6.07) is 20.3. The second-order valence-corrected chi connectivity index (χ2v) is 12.0. The minimum atomic E-state index is 0.0716. The van der Waals surface area contributed by atoms with Crippen molar-refractivity contribution in [1.82, 2.24) is 10.2 Å². The molecule has 0 radical (unpaired) electrons. The lowest BCUT2D eigenvalue weighted by Crippen LogP contribution is -2.34. The first kappa shape index (κ1) is 27.6. The SMILES string of the molecule is COc1cc2c3cc1Cc1c(O)c(OC)cc4c1C(Cc1ccc(cc1)Oc1cc(ccc1O)CC2NCC3)N(C)CC4. The zero-order chi connectivity index (χ0) is 29.7. The number of hydrogen-bond acceptors (Lipinski definition) is 7. The van der Waals surface area contributed by atoms with Gasteiger partial charge in [-0.15, -0.1) is 0 Å². The highest BCUT2D eigenvalue weighted by atomic mass is 16.5. The third-order valence-electron chi connectivity index (χ3n) is 9.43. The predicted molar refractivity (Wildman–Crippen MR) is 166 cm³/mol. The molecule has 43 heavy (non-hydrogen) atoms. The number of rotatable bonds is 2. The summed E-state index contributed by atoms with van der Waals surface area (Å²) >= 11 is 0. The first-order valence-electron chi connectivity index (χ1n) is 15.1. The minimum absolute atomic E-state index is 0.0716. The molecule has 0 saturated heterocycles. The van der Waals surface area contributed by atoms with E-state index in [0.29, 0.717) is 23.7 Å². The topological polar surface area (TPSA) is 83.4 Å². The Labute approximate surface area is 252 Å². The van der Waals surface area contributed by atoms with Crippen LogP contribution in [-0.2, 0) is 32.1 Å². The maximum Gasteiger partial charge on any atom is 0.169 e. The number of aromatic hydroxyl groups is 2. The molecule has 4 aromatic carbocycles. The van der Waals surface area contributed by atoms with Crippen molar-refractivity contribution >= 4 is 0 Å². The van der Waals surface area contributed by atoms with Crippen molar-refractivity contribution in [1.29, 1.82) is 0 Å². The fourth-order valence-electron chi connectivity index (χ4n) is 7.13. The Kier molecular flexibility index (Phi) is 7.15. The summed E-state index contributed by atoms with van der Waals surface area (Å²) in [5.74, 6) is 2.77. The van der Waals surface area contributed by atoms with Crippen molar-refractivity contribution in [2.75, 3.05) is 34.4 Å². The van der Waals surface area contributed by atoms with Gasteiger partial charge < -0.3 is 29.7 Å². The van der Waals surface area contributed by atoms with Gasteiger partial charge in [0.15, 0.2) is 23.0 Å². The van der Waals surface area contributed by atoms with E-state index in [2.05, 4.69) is 41.5 Å². The van der Waals surface area contributed by atoms with Crippen molar-refractivity contribution in [2.45, 2.75) is 44.2 Å². The van der Waals surface area contributed by atoms with Crippen LogP contribution in [0.25, 0.3) is 0 Å². The van der Waals surface area contributed by atoms with Crippen LogP contribution in [0.4, 0.5) is 0 Å². The number of nitrogens with one attached hydrogen (secondary N) is 1. The maximum absolute atomic E-state index is 11.6. The van der Waals surface area contributed by atoms with Crippen LogP contribution in [0.15, 0.2) is 60.7 Å². The van der Waals surface area contributed by atoms with E-state index in [1.807, 2.05) is 30.3 Å². The van der Waals surface area contributed by atoms with Gasteiger partial charge in [-0.3, -0.25) is 4.90 Å². The molecule has 4 aromatic rings. The van der Waals surface area contributed by atoms with Gasteiger partial charge in [0.2, 0.25) is 0 Å². The molecule has 10 rings (SSSR count). The Bertz CT molecular complexity index is 1680. The Morgan fingerprint density at radius 3 is 2.42 bits per heavy atom. The average Bonchev–Trinajstić information content (AvgIpc) is 3.01. The number of phenols is 2. The molecule has 2 atom stereocenters. The molecule has 6 heterocycles. The third-order valence-corrected chi connectivity index (χ3v) is 9.43. The average molecular weight is 579 g/mol. The van der Waals surface area contributed by atoms with Gasteiger partial charge >= 0.3 is 0 Å². The van der Waals surface area contributed by atoms with Gasteiger partial charge in [0.25, 0.3) is 0 Å². The summed E-state index contributed by atoms with van der Waals surface area (Å²) < 4.78 is 17.9. The summed E-state index contributed by atoms with van der Waals surface area (Å²) in [7, 11) is 5.50. The van der Waals surface area contributed by atoms with Crippen LogP contribution < -0.4 is 19.5 Å². The number of nitrogens with zero attached hydrogens (tertiary/aromatic N) is 1. The molecule has 0 aromatic heterocycles. The van der Waals surface area contributed by atoms with Gasteiger partial charge in [-0.2, -0.15) is 0 Å². The van der Waals surface area contributed by atoms with Gasteiger partial charge in [-0.25, -0.2) is 0 Å². The molecule has 0 amide bonds. The Morgan fingerprint density at radius 2 is 1.63 bits per heavy atom. The summed E-state index contributed by atoms with van der Waals surface area (Å²) in [5.41, 5.74) is 9.08. The first-order chi connectivity index (χ1) is 20.9. The summed E-state index contributed by atoms with van der Waals surface area (Å²) in [5, 5.41) is 25.9.